The first-order chi connectivity index (χ1) is 12.8. The van der Waals surface area contributed by atoms with Gasteiger partial charge in [-0.25, -0.2) is 4.79 Å². The van der Waals surface area contributed by atoms with Gasteiger partial charge in [0.2, 0.25) is 0 Å². The van der Waals surface area contributed by atoms with Crippen LogP contribution in [0.1, 0.15) is 58.3 Å². The first-order valence-corrected chi connectivity index (χ1v) is 10.4. The highest BCUT2D eigenvalue weighted by atomic mass is 16.6. The minimum absolute atomic E-state index is 0.0522. The van der Waals surface area contributed by atoms with Gasteiger partial charge in [-0.3, -0.25) is 0 Å². The van der Waals surface area contributed by atoms with Crippen molar-refractivity contribution in [3.8, 4) is 0 Å². The number of cyclic esters (lactones) is 1. The molecule has 1 aliphatic heterocycles. The van der Waals surface area contributed by atoms with E-state index < -0.39 is 12.1 Å². The topological polar surface area (TPSA) is 87.0 Å². The summed E-state index contributed by atoms with van der Waals surface area (Å²) in [6, 6.07) is 0. The van der Waals surface area contributed by atoms with Crippen molar-refractivity contribution in [1.82, 2.24) is 0 Å². The van der Waals surface area contributed by atoms with E-state index in [0.29, 0.717) is 24.3 Å². The highest BCUT2D eigenvalue weighted by Gasteiger charge is 2.44. The summed E-state index contributed by atoms with van der Waals surface area (Å²) in [5.41, 5.74) is 1.66. The third kappa shape index (κ3) is 4.47. The standard InChI is InChI=1S/C22H34O5/c1-14-5-8-19-16(12-23)10-17(24)4-3-9-22(19,2)11-15(14)6-7-18-20(25)13-27-21(18)26/h7,15-17,19-20,23-25H,1,3-6,8-13H2,2H3/b18-7+/t15-,16-,17+,19?,20+,22-/m0/s1. The summed E-state index contributed by atoms with van der Waals surface area (Å²) < 4.78 is 4.91. The summed E-state index contributed by atoms with van der Waals surface area (Å²) in [6.07, 6.45) is 7.79. The number of carbonyl (C=O) groups excluding carboxylic acids is 1. The summed E-state index contributed by atoms with van der Waals surface area (Å²) >= 11 is 0. The largest absolute Gasteiger partial charge is 0.459 e. The molecule has 0 aromatic carbocycles. The van der Waals surface area contributed by atoms with Crippen LogP contribution in [0.2, 0.25) is 0 Å². The number of esters is 1. The van der Waals surface area contributed by atoms with E-state index in [0.717, 1.165) is 38.5 Å². The number of hydrogen-bond acceptors (Lipinski definition) is 5. The quantitative estimate of drug-likeness (QED) is 0.399. The summed E-state index contributed by atoms with van der Waals surface area (Å²) in [5, 5.41) is 30.1. The molecule has 0 amide bonds. The first-order valence-electron chi connectivity index (χ1n) is 10.4. The Balaban J connectivity index is 1.79. The van der Waals surface area contributed by atoms with Crippen molar-refractivity contribution in [2.75, 3.05) is 13.2 Å². The van der Waals surface area contributed by atoms with E-state index in [-0.39, 0.29) is 36.6 Å². The van der Waals surface area contributed by atoms with Crippen LogP contribution in [0.15, 0.2) is 23.8 Å². The van der Waals surface area contributed by atoms with Gasteiger partial charge in [0.05, 0.1) is 11.7 Å². The van der Waals surface area contributed by atoms with Gasteiger partial charge in [-0.1, -0.05) is 31.6 Å². The maximum Gasteiger partial charge on any atom is 0.336 e. The Labute approximate surface area is 162 Å². The Morgan fingerprint density at radius 2 is 2.11 bits per heavy atom. The number of fused-ring (bicyclic) bond motifs is 1. The molecule has 2 saturated carbocycles. The highest BCUT2D eigenvalue weighted by Crippen LogP contribution is 2.52. The van der Waals surface area contributed by atoms with Crippen molar-refractivity contribution in [1.29, 1.82) is 0 Å². The van der Waals surface area contributed by atoms with E-state index in [1.54, 1.807) is 0 Å². The Bertz CT molecular complexity index is 598. The monoisotopic (exact) mass is 378 g/mol. The molecular formula is C22H34O5. The van der Waals surface area contributed by atoms with Gasteiger partial charge in [0.1, 0.15) is 12.7 Å². The molecule has 1 saturated heterocycles. The van der Waals surface area contributed by atoms with Gasteiger partial charge in [0, 0.05) is 6.61 Å². The zero-order valence-corrected chi connectivity index (χ0v) is 16.4. The van der Waals surface area contributed by atoms with Crippen molar-refractivity contribution >= 4 is 5.97 Å². The van der Waals surface area contributed by atoms with E-state index in [4.69, 9.17) is 4.74 Å². The van der Waals surface area contributed by atoms with Crippen LogP contribution < -0.4 is 0 Å². The fraction of sp³-hybridized carbons (Fsp3) is 0.773. The summed E-state index contributed by atoms with van der Waals surface area (Å²) in [6.45, 7) is 6.82. The smallest absolute Gasteiger partial charge is 0.336 e. The number of ether oxygens (including phenoxy) is 1. The molecule has 2 aliphatic carbocycles. The van der Waals surface area contributed by atoms with Crippen LogP contribution in [0.5, 0.6) is 0 Å². The third-order valence-electron chi connectivity index (χ3n) is 7.21. The minimum Gasteiger partial charge on any atom is -0.459 e. The molecule has 3 rings (SSSR count). The van der Waals surface area contributed by atoms with Gasteiger partial charge in [-0.2, -0.15) is 0 Å². The van der Waals surface area contributed by atoms with Crippen LogP contribution >= 0.6 is 0 Å². The Morgan fingerprint density at radius 3 is 2.78 bits per heavy atom. The number of rotatable bonds is 3. The number of aliphatic hydroxyl groups excluding tert-OH is 3. The lowest BCUT2D eigenvalue weighted by atomic mass is 9.62. The minimum atomic E-state index is -0.818. The lowest BCUT2D eigenvalue weighted by Gasteiger charge is -2.44. The summed E-state index contributed by atoms with van der Waals surface area (Å²) in [7, 11) is 0. The molecule has 3 fully saturated rings. The van der Waals surface area contributed by atoms with Crippen LogP contribution in [0.25, 0.3) is 0 Å². The molecule has 1 unspecified atom stereocenters. The number of hydrogen-bond donors (Lipinski definition) is 3. The lowest BCUT2D eigenvalue weighted by molar-refractivity contribution is -0.135. The number of allylic oxidation sites excluding steroid dienone is 2. The fourth-order valence-electron chi connectivity index (χ4n) is 5.62. The lowest BCUT2D eigenvalue weighted by Crippen LogP contribution is -2.38. The Kier molecular flexibility index (Phi) is 6.44. The summed E-state index contributed by atoms with van der Waals surface area (Å²) in [4.78, 5) is 11.8. The van der Waals surface area contributed by atoms with Gasteiger partial charge in [0.15, 0.2) is 0 Å². The molecule has 27 heavy (non-hydrogen) atoms. The van der Waals surface area contributed by atoms with Crippen LogP contribution in [0, 0.1) is 23.2 Å². The number of carbonyl (C=O) groups is 1. The molecule has 5 nitrogen and oxygen atoms in total. The van der Waals surface area contributed by atoms with Gasteiger partial charge in [-0.05, 0) is 68.1 Å². The average molecular weight is 379 g/mol. The van der Waals surface area contributed by atoms with Crippen molar-refractivity contribution in [2.45, 2.75) is 70.5 Å². The van der Waals surface area contributed by atoms with Crippen molar-refractivity contribution in [3.63, 3.8) is 0 Å². The van der Waals surface area contributed by atoms with E-state index in [2.05, 4.69) is 13.5 Å². The van der Waals surface area contributed by atoms with Gasteiger partial charge in [-0.15, -0.1) is 0 Å². The maximum atomic E-state index is 11.8. The zero-order chi connectivity index (χ0) is 19.6. The molecule has 0 spiro atoms. The predicted molar refractivity (Wildman–Crippen MR) is 103 cm³/mol. The van der Waals surface area contributed by atoms with Gasteiger partial charge < -0.3 is 20.1 Å². The van der Waals surface area contributed by atoms with E-state index >= 15 is 0 Å². The molecule has 5 heteroatoms. The van der Waals surface area contributed by atoms with E-state index in [9.17, 15) is 20.1 Å². The molecule has 0 bridgehead atoms. The second-order valence-corrected chi connectivity index (χ2v) is 9.09. The second kappa shape index (κ2) is 8.46. The fourth-order valence-corrected chi connectivity index (χ4v) is 5.62. The average Bonchev–Trinajstić information content (AvgIpc) is 2.88. The molecule has 0 radical (unpaired) electrons. The zero-order valence-electron chi connectivity index (χ0n) is 16.4. The second-order valence-electron chi connectivity index (χ2n) is 9.09. The molecule has 3 N–H and O–H groups in total. The van der Waals surface area contributed by atoms with E-state index in [1.165, 1.54) is 5.57 Å². The maximum absolute atomic E-state index is 11.8. The molecule has 3 aliphatic rings. The van der Waals surface area contributed by atoms with Gasteiger partial charge in [0.25, 0.3) is 0 Å². The molecule has 1 heterocycles. The molecule has 0 aromatic rings. The molecule has 0 aromatic heterocycles. The highest BCUT2D eigenvalue weighted by molar-refractivity contribution is 5.91. The van der Waals surface area contributed by atoms with E-state index in [1.807, 2.05) is 6.08 Å². The SMILES string of the molecule is C=C1CCC2[C@H](CO)C[C@H](O)CCC[C@@]2(C)C[C@@H]1C/C=C1/C(=O)OC[C@H]1O. The normalized spacial score (nSPS) is 42.2. The van der Waals surface area contributed by atoms with Crippen LogP contribution in [-0.4, -0.2) is 46.7 Å². The van der Waals surface area contributed by atoms with Gasteiger partial charge >= 0.3 is 5.97 Å². The predicted octanol–water partition coefficient (Wildman–Crippen LogP) is 2.74. The first kappa shape index (κ1) is 20.6. The number of aliphatic hydroxyl groups is 3. The van der Waals surface area contributed by atoms with Crippen molar-refractivity contribution in [2.24, 2.45) is 23.2 Å². The van der Waals surface area contributed by atoms with Crippen LogP contribution in [-0.2, 0) is 9.53 Å². The molecular weight excluding hydrogens is 344 g/mol. The third-order valence-corrected chi connectivity index (χ3v) is 7.21. The Hall–Kier alpha value is -1.17. The van der Waals surface area contributed by atoms with Crippen molar-refractivity contribution < 1.29 is 24.9 Å². The van der Waals surface area contributed by atoms with Crippen LogP contribution in [0.3, 0.4) is 0 Å². The molecule has 6 atom stereocenters. The summed E-state index contributed by atoms with van der Waals surface area (Å²) in [5.74, 6) is 0.346. The molecule has 152 valence electrons. The van der Waals surface area contributed by atoms with Crippen LogP contribution in [0.4, 0.5) is 0 Å². The van der Waals surface area contributed by atoms with Crippen molar-refractivity contribution in [3.05, 3.63) is 23.8 Å². The Morgan fingerprint density at radius 1 is 1.33 bits per heavy atom.